The summed E-state index contributed by atoms with van der Waals surface area (Å²) in [6.07, 6.45) is 6.87. The van der Waals surface area contributed by atoms with Gasteiger partial charge in [0, 0.05) is 12.2 Å². The molecule has 1 unspecified atom stereocenters. The highest BCUT2D eigenvalue weighted by molar-refractivity contribution is 5.81. The zero-order valence-corrected chi connectivity index (χ0v) is 23.5. The third kappa shape index (κ3) is 7.27. The maximum atomic E-state index is 13.6. The van der Waals surface area contributed by atoms with E-state index in [1.807, 2.05) is 73.7 Å². The second-order valence-corrected chi connectivity index (χ2v) is 9.71. The van der Waals surface area contributed by atoms with E-state index in [1.165, 1.54) is 0 Å². The number of hydrogen-bond donors (Lipinski definition) is 1. The van der Waals surface area contributed by atoms with Crippen molar-refractivity contribution in [3.63, 3.8) is 0 Å². The largest absolute Gasteiger partial charge is 0.496 e. The summed E-state index contributed by atoms with van der Waals surface area (Å²) in [6, 6.07) is 18.8. The molecule has 8 heteroatoms. The van der Waals surface area contributed by atoms with E-state index in [1.54, 1.807) is 19.3 Å². The summed E-state index contributed by atoms with van der Waals surface area (Å²) in [7, 11) is 1.60. The van der Waals surface area contributed by atoms with Gasteiger partial charge in [-0.2, -0.15) is 4.98 Å². The molecule has 3 atom stereocenters. The first-order valence-electron chi connectivity index (χ1n) is 13.7. The van der Waals surface area contributed by atoms with E-state index in [2.05, 4.69) is 33.9 Å². The lowest BCUT2D eigenvalue weighted by Gasteiger charge is -2.37. The average molecular weight is 543 g/mol. The molecular formula is C32H38N4O4. The molecule has 0 amide bonds. The fourth-order valence-electron chi connectivity index (χ4n) is 5.00. The molecular weight excluding hydrogens is 504 g/mol. The Bertz CT molecular complexity index is 1300. The molecule has 0 bridgehead atoms. The van der Waals surface area contributed by atoms with Gasteiger partial charge in [0.1, 0.15) is 11.9 Å². The summed E-state index contributed by atoms with van der Waals surface area (Å²) in [5.41, 5.74) is 2.39. The first-order chi connectivity index (χ1) is 19.6. The molecule has 210 valence electrons. The Labute approximate surface area is 236 Å². The Kier molecular flexibility index (Phi) is 10.3. The minimum atomic E-state index is -0.618. The van der Waals surface area contributed by atoms with Crippen molar-refractivity contribution in [1.82, 2.24) is 15.0 Å². The number of hydrogen-bond acceptors (Lipinski definition) is 8. The quantitative estimate of drug-likeness (QED) is 0.165. The molecule has 0 aliphatic carbocycles. The van der Waals surface area contributed by atoms with Crippen molar-refractivity contribution in [3.8, 4) is 0 Å². The van der Waals surface area contributed by atoms with Gasteiger partial charge in [-0.25, -0.2) is 4.79 Å². The van der Waals surface area contributed by atoms with Crippen LogP contribution in [0.2, 0.25) is 0 Å². The number of esters is 1. The number of ether oxygens (including phenoxy) is 2. The highest BCUT2D eigenvalue weighted by atomic mass is 16.5. The summed E-state index contributed by atoms with van der Waals surface area (Å²) in [6.45, 7) is 9.73. The lowest BCUT2D eigenvalue weighted by molar-refractivity contribution is -0.156. The Morgan fingerprint density at radius 1 is 1.20 bits per heavy atom. The number of likely N-dealkylation sites (tertiary alicyclic amines) is 1. The van der Waals surface area contributed by atoms with Gasteiger partial charge >= 0.3 is 5.97 Å². The lowest BCUT2D eigenvalue weighted by atomic mass is 9.91. The van der Waals surface area contributed by atoms with Crippen LogP contribution in [0.25, 0.3) is 5.57 Å². The summed E-state index contributed by atoms with van der Waals surface area (Å²) in [5.74, 6) is 1.54. The van der Waals surface area contributed by atoms with E-state index in [0.717, 1.165) is 30.6 Å². The third-order valence-electron chi connectivity index (χ3n) is 7.12. The Balaban J connectivity index is 1.47. The predicted octanol–water partition coefficient (Wildman–Crippen LogP) is 6.19. The third-order valence-corrected chi connectivity index (χ3v) is 7.12. The molecule has 1 N–H and O–H groups in total. The van der Waals surface area contributed by atoms with Gasteiger partial charge in [0.15, 0.2) is 11.9 Å². The van der Waals surface area contributed by atoms with E-state index < -0.39 is 6.04 Å². The normalized spacial score (nSPS) is 19.1. The standard InChI is InChI=1S/C32H38N4O4/c1-5-14-26(27(7-3)38-4)31-34-29(35-40-31)22-36-20-19-23(6-2)28(21-36)39-32(37)30(24-15-10-8-11-16-24)33-25-17-12-9-13-18-25/h5,7-18,23,28,30,33H,1,6,19-22H2,2-4H3/b26-14+,27-7+/t23?,28-,30+/m0/s1. The molecule has 0 spiro atoms. The number of rotatable bonds is 12. The van der Waals surface area contributed by atoms with Crippen molar-refractivity contribution in [2.75, 3.05) is 25.5 Å². The number of piperidine rings is 1. The summed E-state index contributed by atoms with van der Waals surface area (Å²) >= 11 is 0. The van der Waals surface area contributed by atoms with Gasteiger partial charge in [-0.15, -0.1) is 0 Å². The highest BCUT2D eigenvalue weighted by Gasteiger charge is 2.34. The number of anilines is 1. The van der Waals surface area contributed by atoms with Gasteiger partial charge < -0.3 is 19.3 Å². The molecule has 2 aromatic carbocycles. The Morgan fingerprint density at radius 2 is 1.93 bits per heavy atom. The second-order valence-electron chi connectivity index (χ2n) is 9.71. The molecule has 4 rings (SSSR count). The Hall–Kier alpha value is -4.17. The van der Waals surface area contributed by atoms with E-state index >= 15 is 0 Å². The molecule has 2 heterocycles. The van der Waals surface area contributed by atoms with Crippen molar-refractivity contribution in [3.05, 3.63) is 109 Å². The lowest BCUT2D eigenvalue weighted by Crippen LogP contribution is -2.46. The molecule has 1 fully saturated rings. The molecule has 1 aromatic heterocycles. The molecule has 8 nitrogen and oxygen atoms in total. The maximum Gasteiger partial charge on any atom is 0.333 e. The fourth-order valence-corrected chi connectivity index (χ4v) is 5.00. The van der Waals surface area contributed by atoms with Crippen LogP contribution >= 0.6 is 0 Å². The van der Waals surface area contributed by atoms with Crippen LogP contribution in [0, 0.1) is 5.92 Å². The van der Waals surface area contributed by atoms with Crippen LogP contribution in [-0.2, 0) is 20.8 Å². The van der Waals surface area contributed by atoms with Crippen LogP contribution in [0.15, 0.2) is 95.8 Å². The SMILES string of the molecule is C=C/C=C(\C(=C/C)OC)c1nc(CN2CCC(CC)[C@@H](OC(=O)[C@H](Nc3ccccc3)c3ccccc3)C2)no1. The monoisotopic (exact) mass is 542 g/mol. The van der Waals surface area contributed by atoms with Crippen molar-refractivity contribution >= 4 is 17.2 Å². The number of allylic oxidation sites excluding steroid dienone is 4. The number of carbonyl (C=O) groups is 1. The highest BCUT2D eigenvalue weighted by Crippen LogP contribution is 2.28. The van der Waals surface area contributed by atoms with Gasteiger partial charge in [-0.05, 0) is 62.1 Å². The van der Waals surface area contributed by atoms with E-state index in [0.29, 0.717) is 36.1 Å². The van der Waals surface area contributed by atoms with E-state index in [4.69, 9.17) is 14.0 Å². The Morgan fingerprint density at radius 3 is 2.58 bits per heavy atom. The number of para-hydroxylation sites is 1. The number of methoxy groups -OCH3 is 1. The molecule has 1 aliphatic heterocycles. The van der Waals surface area contributed by atoms with Crippen molar-refractivity contribution in [1.29, 1.82) is 0 Å². The molecule has 3 aromatic rings. The minimum Gasteiger partial charge on any atom is -0.496 e. The smallest absolute Gasteiger partial charge is 0.333 e. The summed E-state index contributed by atoms with van der Waals surface area (Å²) < 4.78 is 17.2. The minimum absolute atomic E-state index is 0.249. The molecule has 1 aliphatic rings. The number of nitrogens with one attached hydrogen (secondary N) is 1. The van der Waals surface area contributed by atoms with Crippen LogP contribution in [-0.4, -0.2) is 47.3 Å². The van der Waals surface area contributed by atoms with Gasteiger partial charge in [-0.3, -0.25) is 4.90 Å². The predicted molar refractivity (Wildman–Crippen MR) is 156 cm³/mol. The van der Waals surface area contributed by atoms with Crippen LogP contribution in [0.5, 0.6) is 0 Å². The number of nitrogens with zero attached hydrogens (tertiary/aromatic N) is 3. The van der Waals surface area contributed by atoms with Crippen LogP contribution in [0.3, 0.4) is 0 Å². The second kappa shape index (κ2) is 14.3. The van der Waals surface area contributed by atoms with E-state index in [9.17, 15) is 4.79 Å². The topological polar surface area (TPSA) is 89.7 Å². The van der Waals surface area contributed by atoms with Crippen LogP contribution in [0.1, 0.15) is 50.0 Å². The zero-order valence-electron chi connectivity index (χ0n) is 23.5. The molecule has 40 heavy (non-hydrogen) atoms. The van der Waals surface area contributed by atoms with E-state index in [-0.39, 0.29) is 18.0 Å². The number of carbonyl (C=O) groups excluding carboxylic acids is 1. The first kappa shape index (κ1) is 28.8. The number of benzene rings is 2. The number of aromatic nitrogens is 2. The summed E-state index contributed by atoms with van der Waals surface area (Å²) in [4.78, 5) is 20.4. The molecule has 0 radical (unpaired) electrons. The molecule has 0 saturated carbocycles. The van der Waals surface area contributed by atoms with Crippen molar-refractivity contribution in [2.45, 2.75) is 45.4 Å². The van der Waals surface area contributed by atoms with Crippen molar-refractivity contribution < 1.29 is 18.8 Å². The van der Waals surface area contributed by atoms with Gasteiger partial charge in [-0.1, -0.05) is 73.3 Å². The van der Waals surface area contributed by atoms with Gasteiger partial charge in [0.25, 0.3) is 5.89 Å². The summed E-state index contributed by atoms with van der Waals surface area (Å²) in [5, 5.41) is 7.56. The van der Waals surface area contributed by atoms with Crippen LogP contribution in [0.4, 0.5) is 5.69 Å². The molecule has 1 saturated heterocycles. The van der Waals surface area contributed by atoms with Crippen LogP contribution < -0.4 is 5.32 Å². The zero-order chi connectivity index (χ0) is 28.3. The average Bonchev–Trinajstić information content (AvgIpc) is 3.45. The fraction of sp³-hybridized carbons (Fsp3) is 0.344. The first-order valence-corrected chi connectivity index (χ1v) is 13.7. The van der Waals surface area contributed by atoms with Gasteiger partial charge in [0.05, 0.1) is 19.2 Å². The van der Waals surface area contributed by atoms with Crippen molar-refractivity contribution in [2.24, 2.45) is 5.92 Å². The maximum absolute atomic E-state index is 13.6. The van der Waals surface area contributed by atoms with Gasteiger partial charge in [0.2, 0.25) is 0 Å².